The summed E-state index contributed by atoms with van der Waals surface area (Å²) in [6.07, 6.45) is 4.13. The van der Waals surface area contributed by atoms with Gasteiger partial charge in [-0.1, -0.05) is 77.4 Å². The first-order valence-corrected chi connectivity index (χ1v) is 11.2. The third-order valence-corrected chi connectivity index (χ3v) is 5.87. The van der Waals surface area contributed by atoms with Crippen molar-refractivity contribution < 1.29 is 14.7 Å². The van der Waals surface area contributed by atoms with Crippen LogP contribution in [-0.2, 0) is 22.4 Å². The molecule has 0 aromatic heterocycles. The van der Waals surface area contributed by atoms with Crippen LogP contribution in [0.1, 0.15) is 70.2 Å². The van der Waals surface area contributed by atoms with Crippen LogP contribution in [0.15, 0.2) is 59.9 Å². The van der Waals surface area contributed by atoms with E-state index in [1.807, 2.05) is 69.3 Å². The van der Waals surface area contributed by atoms with Crippen LogP contribution in [0.2, 0.25) is 0 Å². The summed E-state index contributed by atoms with van der Waals surface area (Å²) in [5.41, 5.74) is 3.35. The van der Waals surface area contributed by atoms with Gasteiger partial charge in [-0.3, -0.25) is 14.5 Å². The molecule has 1 aliphatic heterocycles. The lowest BCUT2D eigenvalue weighted by Gasteiger charge is -2.29. The molecule has 1 aliphatic rings. The van der Waals surface area contributed by atoms with Gasteiger partial charge in [0.15, 0.2) is 11.5 Å². The van der Waals surface area contributed by atoms with Crippen molar-refractivity contribution in [3.8, 4) is 0 Å². The fourth-order valence-electron chi connectivity index (χ4n) is 3.96. The molecule has 0 saturated carbocycles. The van der Waals surface area contributed by atoms with Crippen molar-refractivity contribution >= 4 is 17.4 Å². The zero-order valence-electron chi connectivity index (χ0n) is 19.2. The molecule has 164 valence electrons. The molecule has 4 heteroatoms. The van der Waals surface area contributed by atoms with Gasteiger partial charge in [-0.15, -0.1) is 0 Å². The molecule has 1 N–H and O–H groups in total. The Morgan fingerprint density at radius 2 is 1.55 bits per heavy atom. The summed E-state index contributed by atoms with van der Waals surface area (Å²) >= 11 is 0. The minimum Gasteiger partial charge on any atom is -0.503 e. The van der Waals surface area contributed by atoms with E-state index >= 15 is 0 Å². The number of benzene rings is 2. The lowest BCUT2D eigenvalue weighted by atomic mass is 9.82. The van der Waals surface area contributed by atoms with Crippen LogP contribution in [0, 0.1) is 5.41 Å². The smallest absolute Gasteiger partial charge is 0.294 e. The van der Waals surface area contributed by atoms with E-state index in [9.17, 15) is 14.7 Å². The predicted molar refractivity (Wildman–Crippen MR) is 125 cm³/mol. The molecule has 0 bridgehead atoms. The number of carbonyl (C=O) groups is 2. The van der Waals surface area contributed by atoms with Crippen LogP contribution in [-0.4, -0.2) is 16.8 Å². The normalized spacial score (nSPS) is 16.9. The van der Waals surface area contributed by atoms with E-state index in [2.05, 4.69) is 13.8 Å². The molecule has 2 aromatic rings. The van der Waals surface area contributed by atoms with E-state index in [-0.39, 0.29) is 11.4 Å². The molecule has 3 rings (SSSR count). The van der Waals surface area contributed by atoms with Crippen LogP contribution < -0.4 is 4.90 Å². The second-order valence-electron chi connectivity index (χ2n) is 9.28. The first-order chi connectivity index (χ1) is 14.7. The van der Waals surface area contributed by atoms with Crippen molar-refractivity contribution in [2.75, 3.05) is 4.90 Å². The molecule has 1 atom stereocenters. The largest absolute Gasteiger partial charge is 0.503 e. The number of anilines is 1. The molecule has 4 nitrogen and oxygen atoms in total. The Morgan fingerprint density at radius 3 is 2.06 bits per heavy atom. The Balaban J connectivity index is 2.08. The van der Waals surface area contributed by atoms with Crippen molar-refractivity contribution in [1.82, 2.24) is 0 Å². The van der Waals surface area contributed by atoms with E-state index in [1.54, 1.807) is 4.90 Å². The molecular formula is C27H33NO3. The highest BCUT2D eigenvalue weighted by atomic mass is 16.3. The Hall–Kier alpha value is -2.88. The summed E-state index contributed by atoms with van der Waals surface area (Å²) in [4.78, 5) is 28.0. The SMILES string of the molecule is CCCCc1ccc(N2C(=O)C(O)=C(C(=O)C(C)(C)C)C2c2ccc(CC)cc2)cc1. The van der Waals surface area contributed by atoms with Gasteiger partial charge >= 0.3 is 0 Å². The number of rotatable bonds is 7. The monoisotopic (exact) mass is 419 g/mol. The van der Waals surface area contributed by atoms with E-state index in [1.165, 1.54) is 11.1 Å². The van der Waals surface area contributed by atoms with E-state index in [0.717, 1.165) is 31.2 Å². The minimum atomic E-state index is -0.717. The van der Waals surface area contributed by atoms with Crippen LogP contribution in [0.25, 0.3) is 0 Å². The maximum atomic E-state index is 13.3. The number of unbranched alkanes of at least 4 members (excludes halogenated alkanes) is 1. The Labute approximate surface area is 185 Å². The molecule has 2 aromatic carbocycles. The van der Waals surface area contributed by atoms with Gasteiger partial charge in [0.2, 0.25) is 0 Å². The Kier molecular flexibility index (Phi) is 6.68. The number of hydrogen-bond donors (Lipinski definition) is 1. The zero-order valence-corrected chi connectivity index (χ0v) is 19.2. The summed E-state index contributed by atoms with van der Waals surface area (Å²) in [6, 6.07) is 15.2. The lowest BCUT2D eigenvalue weighted by molar-refractivity contribution is -0.123. The van der Waals surface area contributed by atoms with Crippen LogP contribution in [0.3, 0.4) is 0 Å². The Morgan fingerprint density at radius 1 is 0.968 bits per heavy atom. The van der Waals surface area contributed by atoms with Gasteiger partial charge in [0, 0.05) is 11.1 Å². The lowest BCUT2D eigenvalue weighted by Crippen LogP contribution is -2.32. The number of aliphatic hydroxyl groups excluding tert-OH is 1. The third-order valence-electron chi connectivity index (χ3n) is 5.87. The number of ketones is 1. The summed E-state index contributed by atoms with van der Waals surface area (Å²) in [7, 11) is 0. The van der Waals surface area contributed by atoms with Gasteiger partial charge in [-0.2, -0.15) is 0 Å². The summed E-state index contributed by atoms with van der Waals surface area (Å²) < 4.78 is 0. The highest BCUT2D eigenvalue weighted by Gasteiger charge is 2.46. The highest BCUT2D eigenvalue weighted by Crippen LogP contribution is 2.43. The molecule has 0 spiro atoms. The van der Waals surface area contributed by atoms with Gasteiger partial charge in [0.25, 0.3) is 5.91 Å². The van der Waals surface area contributed by atoms with Crippen molar-refractivity contribution in [1.29, 1.82) is 0 Å². The topological polar surface area (TPSA) is 57.6 Å². The fraction of sp³-hybridized carbons (Fsp3) is 0.407. The number of Topliss-reactive ketones (excluding diaryl/α,β-unsaturated/α-hetero) is 1. The molecule has 1 amide bonds. The standard InChI is InChI=1S/C27H33NO3/c1-6-8-9-19-12-16-21(17-13-19)28-23(20-14-10-18(7-2)11-15-20)22(24(29)26(28)31)25(30)27(3,4)5/h10-17,23,29H,6-9H2,1-5H3. The second kappa shape index (κ2) is 9.09. The minimum absolute atomic E-state index is 0.178. The van der Waals surface area contributed by atoms with Crippen LogP contribution in [0.5, 0.6) is 0 Å². The molecule has 0 radical (unpaired) electrons. The van der Waals surface area contributed by atoms with Gasteiger partial charge in [0.1, 0.15) is 0 Å². The molecular weight excluding hydrogens is 386 g/mol. The molecule has 0 saturated heterocycles. The maximum absolute atomic E-state index is 13.3. The molecule has 0 fully saturated rings. The van der Waals surface area contributed by atoms with Crippen LogP contribution >= 0.6 is 0 Å². The molecule has 31 heavy (non-hydrogen) atoms. The van der Waals surface area contributed by atoms with Crippen molar-refractivity contribution in [3.05, 3.63) is 76.6 Å². The second-order valence-corrected chi connectivity index (χ2v) is 9.28. The van der Waals surface area contributed by atoms with Crippen molar-refractivity contribution in [2.45, 2.75) is 66.3 Å². The zero-order chi connectivity index (χ0) is 22.8. The highest BCUT2D eigenvalue weighted by molar-refractivity contribution is 6.17. The number of carbonyl (C=O) groups excluding carboxylic acids is 2. The number of aryl methyl sites for hydroxylation is 2. The van der Waals surface area contributed by atoms with E-state index in [0.29, 0.717) is 5.69 Å². The first-order valence-electron chi connectivity index (χ1n) is 11.2. The molecule has 1 unspecified atom stereocenters. The number of nitrogens with zero attached hydrogens (tertiary/aromatic N) is 1. The van der Waals surface area contributed by atoms with Crippen molar-refractivity contribution in [3.63, 3.8) is 0 Å². The van der Waals surface area contributed by atoms with Gasteiger partial charge in [-0.25, -0.2) is 0 Å². The third kappa shape index (κ3) is 4.58. The quantitative estimate of drug-likeness (QED) is 0.589. The van der Waals surface area contributed by atoms with Crippen LogP contribution in [0.4, 0.5) is 5.69 Å². The Bertz CT molecular complexity index is 979. The fourth-order valence-corrected chi connectivity index (χ4v) is 3.96. The van der Waals surface area contributed by atoms with E-state index in [4.69, 9.17) is 0 Å². The van der Waals surface area contributed by atoms with Crippen molar-refractivity contribution in [2.24, 2.45) is 5.41 Å². The van der Waals surface area contributed by atoms with Gasteiger partial charge < -0.3 is 5.11 Å². The van der Waals surface area contributed by atoms with E-state index < -0.39 is 23.1 Å². The number of hydrogen-bond acceptors (Lipinski definition) is 3. The molecule has 1 heterocycles. The summed E-state index contributed by atoms with van der Waals surface area (Å²) in [5, 5.41) is 10.8. The first kappa shape index (κ1) is 22.8. The van der Waals surface area contributed by atoms with Gasteiger partial charge in [0.05, 0.1) is 11.6 Å². The summed E-state index contributed by atoms with van der Waals surface area (Å²) in [6.45, 7) is 9.67. The van der Waals surface area contributed by atoms with Gasteiger partial charge in [-0.05, 0) is 48.1 Å². The average Bonchev–Trinajstić information content (AvgIpc) is 3.02. The average molecular weight is 420 g/mol. The summed E-state index contributed by atoms with van der Waals surface area (Å²) in [5.74, 6) is -1.19. The molecule has 0 aliphatic carbocycles. The number of aliphatic hydroxyl groups is 1. The maximum Gasteiger partial charge on any atom is 0.294 e. The predicted octanol–water partition coefficient (Wildman–Crippen LogP) is 6.11. The number of amides is 1.